The van der Waals surface area contributed by atoms with E-state index in [1.807, 2.05) is 36.4 Å². The number of nitrogens with zero attached hydrogens (tertiary/aromatic N) is 3. The summed E-state index contributed by atoms with van der Waals surface area (Å²) in [6.07, 6.45) is 1.52. The fraction of sp³-hybridized carbons (Fsp3) is 0.0645. The smallest absolute Gasteiger partial charge is 0.282 e. The summed E-state index contributed by atoms with van der Waals surface area (Å²) in [7, 11) is 1.54. The van der Waals surface area contributed by atoms with Gasteiger partial charge in [-0.05, 0) is 54.1 Å². The van der Waals surface area contributed by atoms with Gasteiger partial charge in [-0.1, -0.05) is 48.5 Å². The van der Waals surface area contributed by atoms with Crippen LogP contribution in [0.1, 0.15) is 11.1 Å². The Balaban J connectivity index is 1.45. The molecule has 6 aromatic rings. The molecule has 0 aliphatic carbocycles. The first kappa shape index (κ1) is 24.1. The van der Waals surface area contributed by atoms with Gasteiger partial charge in [0.05, 0.1) is 24.2 Å². The van der Waals surface area contributed by atoms with Crippen LogP contribution < -0.4 is 15.0 Å². The van der Waals surface area contributed by atoms with Crippen molar-refractivity contribution < 1.29 is 18.3 Å². The first-order chi connectivity index (χ1) is 19.1. The van der Waals surface area contributed by atoms with Gasteiger partial charge < -0.3 is 13.9 Å². The molecule has 7 nitrogen and oxygen atoms in total. The van der Waals surface area contributed by atoms with Crippen molar-refractivity contribution in [3.05, 3.63) is 124 Å². The number of methoxy groups -OCH3 is 1. The van der Waals surface area contributed by atoms with E-state index in [-0.39, 0.29) is 23.8 Å². The van der Waals surface area contributed by atoms with Crippen LogP contribution in [0.15, 0.2) is 111 Å². The van der Waals surface area contributed by atoms with Gasteiger partial charge in [0.15, 0.2) is 17.3 Å². The molecule has 0 atom stereocenters. The second-order valence-electron chi connectivity index (χ2n) is 8.76. The molecule has 0 fully saturated rings. The van der Waals surface area contributed by atoms with Crippen LogP contribution in [0.25, 0.3) is 33.5 Å². The Hall–Kier alpha value is -5.24. The van der Waals surface area contributed by atoms with E-state index < -0.39 is 0 Å². The molecule has 0 saturated carbocycles. The average Bonchev–Trinajstić information content (AvgIpc) is 3.41. The van der Waals surface area contributed by atoms with E-state index in [0.29, 0.717) is 39.3 Å². The molecule has 0 aliphatic rings. The lowest BCUT2D eigenvalue weighted by molar-refractivity contribution is 0.284. The summed E-state index contributed by atoms with van der Waals surface area (Å²) < 4.78 is 32.2. The Kier molecular flexibility index (Phi) is 6.34. The van der Waals surface area contributed by atoms with E-state index in [2.05, 4.69) is 5.10 Å². The van der Waals surface area contributed by atoms with Crippen molar-refractivity contribution in [3.63, 3.8) is 0 Å². The van der Waals surface area contributed by atoms with Crippen LogP contribution in [0, 0.1) is 5.82 Å². The van der Waals surface area contributed by atoms with Crippen LogP contribution in [0.4, 0.5) is 4.39 Å². The number of fused-ring (bicyclic) bond motifs is 2. The number of furan rings is 1. The number of ether oxygens (including phenoxy) is 2. The molecule has 0 spiro atoms. The summed E-state index contributed by atoms with van der Waals surface area (Å²) >= 11 is 0. The molecule has 39 heavy (non-hydrogen) atoms. The number of hydrogen-bond donors (Lipinski definition) is 0. The second-order valence-corrected chi connectivity index (χ2v) is 8.76. The fourth-order valence-corrected chi connectivity index (χ4v) is 4.29. The van der Waals surface area contributed by atoms with Crippen molar-refractivity contribution >= 4 is 28.1 Å². The SMILES string of the molecule is COc1cccc(C=Nn2c(-c3cc4ccccc4o3)nc3ccccc3c2=O)c1OCc1ccc(F)cc1. The minimum Gasteiger partial charge on any atom is -0.493 e. The molecule has 0 aliphatic heterocycles. The fourth-order valence-electron chi connectivity index (χ4n) is 4.29. The van der Waals surface area contributed by atoms with Crippen LogP contribution in [0.5, 0.6) is 11.5 Å². The van der Waals surface area contributed by atoms with Crippen molar-refractivity contribution in [1.29, 1.82) is 0 Å². The van der Waals surface area contributed by atoms with Crippen LogP contribution >= 0.6 is 0 Å². The van der Waals surface area contributed by atoms with Crippen LogP contribution in [0.2, 0.25) is 0 Å². The zero-order valence-electron chi connectivity index (χ0n) is 20.9. The normalized spacial score (nSPS) is 11.4. The average molecular weight is 520 g/mol. The maximum atomic E-state index is 13.6. The largest absolute Gasteiger partial charge is 0.493 e. The minimum atomic E-state index is -0.344. The van der Waals surface area contributed by atoms with Crippen molar-refractivity contribution in [2.45, 2.75) is 6.61 Å². The third kappa shape index (κ3) is 4.75. The maximum absolute atomic E-state index is 13.6. The number of aromatic nitrogens is 2. The van der Waals surface area contributed by atoms with Gasteiger partial charge in [-0.2, -0.15) is 9.78 Å². The number of rotatable bonds is 7. The topological polar surface area (TPSA) is 78.9 Å². The molecule has 4 aromatic carbocycles. The molecule has 6 rings (SSSR count). The molecule has 0 saturated heterocycles. The minimum absolute atomic E-state index is 0.184. The summed E-state index contributed by atoms with van der Waals surface area (Å²) in [4.78, 5) is 18.3. The summed E-state index contributed by atoms with van der Waals surface area (Å²) in [5.41, 5.74) is 2.23. The predicted molar refractivity (Wildman–Crippen MR) is 148 cm³/mol. The molecule has 0 radical (unpaired) electrons. The molecule has 192 valence electrons. The monoisotopic (exact) mass is 519 g/mol. The highest BCUT2D eigenvalue weighted by atomic mass is 19.1. The number of hydrogen-bond acceptors (Lipinski definition) is 6. The third-order valence-corrected chi connectivity index (χ3v) is 6.24. The van der Waals surface area contributed by atoms with E-state index in [1.165, 1.54) is 23.0 Å². The third-order valence-electron chi connectivity index (χ3n) is 6.24. The van der Waals surface area contributed by atoms with Gasteiger partial charge in [-0.3, -0.25) is 4.79 Å². The lowest BCUT2D eigenvalue weighted by Crippen LogP contribution is -2.20. The first-order valence-corrected chi connectivity index (χ1v) is 12.2. The lowest BCUT2D eigenvalue weighted by Gasteiger charge is -2.13. The van der Waals surface area contributed by atoms with Gasteiger partial charge >= 0.3 is 0 Å². The summed E-state index contributed by atoms with van der Waals surface area (Å²) in [5, 5.41) is 5.85. The van der Waals surface area contributed by atoms with E-state index in [1.54, 1.807) is 55.6 Å². The molecule has 0 amide bonds. The number of halogens is 1. The number of para-hydroxylation sites is 3. The summed E-state index contributed by atoms with van der Waals surface area (Å²) in [6.45, 7) is 0.184. The maximum Gasteiger partial charge on any atom is 0.282 e. The van der Waals surface area contributed by atoms with Gasteiger partial charge in [0.2, 0.25) is 5.82 Å². The van der Waals surface area contributed by atoms with Gasteiger partial charge in [-0.25, -0.2) is 9.37 Å². The van der Waals surface area contributed by atoms with E-state index in [0.717, 1.165) is 10.9 Å². The Morgan fingerprint density at radius 1 is 0.974 bits per heavy atom. The van der Waals surface area contributed by atoms with E-state index >= 15 is 0 Å². The summed E-state index contributed by atoms with van der Waals surface area (Å²) in [6, 6.07) is 27.9. The zero-order chi connectivity index (χ0) is 26.8. The second kappa shape index (κ2) is 10.3. The van der Waals surface area contributed by atoms with E-state index in [4.69, 9.17) is 18.9 Å². The van der Waals surface area contributed by atoms with E-state index in [9.17, 15) is 9.18 Å². The van der Waals surface area contributed by atoms with Gasteiger partial charge in [-0.15, -0.1) is 0 Å². The van der Waals surface area contributed by atoms with Crippen molar-refractivity contribution in [3.8, 4) is 23.1 Å². The summed E-state index contributed by atoms with van der Waals surface area (Å²) in [5.74, 6) is 1.28. The van der Waals surface area contributed by atoms with Crippen LogP contribution in [-0.2, 0) is 6.61 Å². The zero-order valence-corrected chi connectivity index (χ0v) is 20.9. The molecule has 2 aromatic heterocycles. The van der Waals surface area contributed by atoms with Crippen LogP contribution in [0.3, 0.4) is 0 Å². The van der Waals surface area contributed by atoms with Crippen molar-refractivity contribution in [2.24, 2.45) is 5.10 Å². The highest BCUT2D eigenvalue weighted by molar-refractivity contribution is 5.86. The Bertz CT molecular complexity index is 1860. The quantitative estimate of drug-likeness (QED) is 0.228. The molecule has 0 unspecified atom stereocenters. The predicted octanol–water partition coefficient (Wildman–Crippen LogP) is 6.42. The highest BCUT2D eigenvalue weighted by Gasteiger charge is 2.17. The molecule has 2 heterocycles. The molecular formula is C31H22FN3O4. The van der Waals surface area contributed by atoms with Gasteiger partial charge in [0.25, 0.3) is 5.56 Å². The lowest BCUT2D eigenvalue weighted by atomic mass is 10.2. The standard InChI is InChI=1S/C31H22FN3O4/c1-37-27-12-6-8-22(29(27)38-19-20-13-15-23(32)16-14-20)18-33-35-30(28-17-21-7-2-5-11-26(21)39-28)34-25-10-4-3-9-24(25)31(35)36/h2-18H,19H2,1H3. The van der Waals surface area contributed by atoms with Crippen molar-refractivity contribution in [1.82, 2.24) is 9.66 Å². The first-order valence-electron chi connectivity index (χ1n) is 12.2. The Morgan fingerprint density at radius 2 is 1.77 bits per heavy atom. The Morgan fingerprint density at radius 3 is 2.59 bits per heavy atom. The van der Waals surface area contributed by atoms with Gasteiger partial charge in [0.1, 0.15) is 18.0 Å². The molecular weight excluding hydrogens is 497 g/mol. The number of benzene rings is 4. The van der Waals surface area contributed by atoms with Gasteiger partial charge in [0, 0.05) is 10.9 Å². The van der Waals surface area contributed by atoms with Crippen LogP contribution in [-0.4, -0.2) is 23.0 Å². The highest BCUT2D eigenvalue weighted by Crippen LogP contribution is 2.31. The molecule has 8 heteroatoms. The Labute approximate surface area is 222 Å². The van der Waals surface area contributed by atoms with Crippen molar-refractivity contribution in [2.75, 3.05) is 7.11 Å². The molecule has 0 N–H and O–H groups in total. The molecule has 0 bridgehead atoms.